The van der Waals surface area contributed by atoms with Crippen molar-refractivity contribution in [2.45, 2.75) is 58.0 Å². The number of amides is 1. The zero-order valence-corrected chi connectivity index (χ0v) is 26.4. The quantitative estimate of drug-likeness (QED) is 0.167. The first-order valence-electron chi connectivity index (χ1n) is 14.6. The molecule has 1 amide bonds. The molecule has 2 unspecified atom stereocenters. The van der Waals surface area contributed by atoms with Gasteiger partial charge in [0.15, 0.2) is 0 Å². The highest BCUT2D eigenvalue weighted by Gasteiger charge is 2.28. The lowest BCUT2D eigenvalue weighted by atomic mass is 9.87. The predicted octanol–water partition coefficient (Wildman–Crippen LogP) is 9.10. The molecule has 0 aromatic heterocycles. The van der Waals surface area contributed by atoms with Crippen LogP contribution in [0.4, 0.5) is 11.4 Å². The van der Waals surface area contributed by atoms with Crippen LogP contribution in [-0.2, 0) is 35.3 Å². The van der Waals surface area contributed by atoms with Gasteiger partial charge in [-0.25, -0.2) is 0 Å². The number of carbonyl (C=O) groups is 2. The van der Waals surface area contributed by atoms with Gasteiger partial charge < -0.3 is 10.2 Å². The Labute approximate surface area is 277 Å². The molecular formula is C37H41Cl3N2O2. The van der Waals surface area contributed by atoms with Gasteiger partial charge in [-0.2, -0.15) is 0 Å². The van der Waals surface area contributed by atoms with Gasteiger partial charge in [0.1, 0.15) is 5.88 Å². The fraction of sp³-hybridized carbons (Fsp3) is 0.297. The van der Waals surface area contributed by atoms with Crippen LogP contribution < -0.4 is 10.2 Å². The van der Waals surface area contributed by atoms with Crippen molar-refractivity contribution in [3.8, 4) is 0 Å². The molecule has 44 heavy (non-hydrogen) atoms. The van der Waals surface area contributed by atoms with Crippen LogP contribution in [0.5, 0.6) is 0 Å². The van der Waals surface area contributed by atoms with Gasteiger partial charge >= 0.3 is 0 Å². The zero-order valence-electron chi connectivity index (χ0n) is 24.1. The molecule has 232 valence electrons. The number of halogens is 3. The Hall–Kier alpha value is -3.31. The van der Waals surface area contributed by atoms with Gasteiger partial charge in [-0.15, -0.1) is 23.2 Å². The predicted molar refractivity (Wildman–Crippen MR) is 188 cm³/mol. The van der Waals surface area contributed by atoms with Crippen molar-refractivity contribution in [2.24, 2.45) is 0 Å². The molecule has 4 aromatic carbocycles. The van der Waals surface area contributed by atoms with E-state index in [1.165, 1.54) is 40.8 Å². The number of nitrogens with one attached hydrogen (secondary N) is 1. The van der Waals surface area contributed by atoms with Gasteiger partial charge in [0.2, 0.25) is 11.1 Å². The Balaban J connectivity index is 0.000000208. The summed E-state index contributed by atoms with van der Waals surface area (Å²) in [6, 6.07) is 38.4. The van der Waals surface area contributed by atoms with Crippen molar-refractivity contribution >= 4 is 57.3 Å². The number of alkyl halides is 2. The lowest BCUT2D eigenvalue weighted by Gasteiger charge is -2.35. The fourth-order valence-corrected chi connectivity index (χ4v) is 5.83. The van der Waals surface area contributed by atoms with Crippen LogP contribution in [0.2, 0.25) is 0 Å². The first kappa shape index (κ1) is 35.2. The van der Waals surface area contributed by atoms with E-state index >= 15 is 0 Å². The van der Waals surface area contributed by atoms with Gasteiger partial charge in [0.05, 0.1) is 5.88 Å². The summed E-state index contributed by atoms with van der Waals surface area (Å²) in [7, 11) is 0. The van der Waals surface area contributed by atoms with E-state index in [1.807, 2.05) is 35.2 Å². The number of aryl methyl sites for hydroxylation is 2. The number of rotatable bonds is 6. The SMILES string of the molecule is C.O=C(CCl)N(c1ccccc1)C1CCc2ccccc2C1.O=C(Cl)CCl.c1ccc(NC2CCc3ccccc3C2)cc1. The maximum atomic E-state index is 12.3. The van der Waals surface area contributed by atoms with E-state index in [1.54, 1.807) is 0 Å². The average molecular weight is 652 g/mol. The smallest absolute Gasteiger partial charge is 0.242 e. The van der Waals surface area contributed by atoms with Gasteiger partial charge in [0.25, 0.3) is 0 Å². The van der Waals surface area contributed by atoms with Gasteiger partial charge in [0, 0.05) is 23.5 Å². The molecule has 2 atom stereocenters. The first-order valence-corrected chi connectivity index (χ1v) is 16.1. The van der Waals surface area contributed by atoms with Crippen LogP contribution in [0, 0.1) is 0 Å². The lowest BCUT2D eigenvalue weighted by molar-refractivity contribution is -0.116. The molecule has 0 radical (unpaired) electrons. The summed E-state index contributed by atoms with van der Waals surface area (Å²) in [6.07, 6.45) is 6.46. The van der Waals surface area contributed by atoms with E-state index in [-0.39, 0.29) is 31.1 Å². The molecule has 7 heteroatoms. The molecule has 4 aromatic rings. The van der Waals surface area contributed by atoms with E-state index in [0.29, 0.717) is 6.04 Å². The highest BCUT2D eigenvalue weighted by Crippen LogP contribution is 2.28. The number of carbonyl (C=O) groups excluding carboxylic acids is 2. The largest absolute Gasteiger partial charge is 0.382 e. The summed E-state index contributed by atoms with van der Waals surface area (Å²) in [4.78, 5) is 23.6. The van der Waals surface area contributed by atoms with Crippen LogP contribution in [0.1, 0.15) is 42.5 Å². The van der Waals surface area contributed by atoms with Crippen molar-refractivity contribution < 1.29 is 9.59 Å². The highest BCUT2D eigenvalue weighted by atomic mass is 35.5. The molecule has 0 fully saturated rings. The second-order valence-electron chi connectivity index (χ2n) is 10.6. The summed E-state index contributed by atoms with van der Waals surface area (Å²) in [6.45, 7) is 0. The maximum absolute atomic E-state index is 12.3. The van der Waals surface area contributed by atoms with Crippen LogP contribution in [0.25, 0.3) is 0 Å². The van der Waals surface area contributed by atoms with Crippen molar-refractivity contribution in [3.05, 3.63) is 131 Å². The minimum absolute atomic E-state index is 0. The Morgan fingerprint density at radius 2 is 1.14 bits per heavy atom. The second-order valence-corrected chi connectivity index (χ2v) is 11.6. The number of hydrogen-bond donors (Lipinski definition) is 1. The molecule has 4 nitrogen and oxygen atoms in total. The molecule has 0 aliphatic heterocycles. The highest BCUT2D eigenvalue weighted by molar-refractivity contribution is 6.67. The molecule has 0 bridgehead atoms. The molecule has 6 rings (SSSR count). The van der Waals surface area contributed by atoms with Crippen molar-refractivity contribution in [2.75, 3.05) is 22.0 Å². The van der Waals surface area contributed by atoms with Crippen LogP contribution in [-0.4, -0.2) is 35.0 Å². The van der Waals surface area contributed by atoms with E-state index in [4.69, 9.17) is 34.8 Å². The minimum Gasteiger partial charge on any atom is -0.382 e. The van der Waals surface area contributed by atoms with Crippen LogP contribution in [0.3, 0.4) is 0 Å². The van der Waals surface area contributed by atoms with Crippen LogP contribution >= 0.6 is 34.8 Å². The molecule has 1 N–H and O–H groups in total. The molecule has 0 spiro atoms. The third kappa shape index (κ3) is 10.4. The van der Waals surface area contributed by atoms with Gasteiger partial charge in [-0.1, -0.05) is 92.4 Å². The third-order valence-corrected chi connectivity index (χ3v) is 8.44. The molecule has 0 saturated carbocycles. The molecular weight excluding hydrogens is 611 g/mol. The lowest BCUT2D eigenvalue weighted by Crippen LogP contribution is -2.44. The number of anilines is 2. The van der Waals surface area contributed by atoms with Crippen LogP contribution in [0.15, 0.2) is 109 Å². The first-order chi connectivity index (χ1) is 21.0. The molecule has 0 saturated heterocycles. The number of benzene rings is 4. The Morgan fingerprint density at radius 3 is 1.68 bits per heavy atom. The summed E-state index contributed by atoms with van der Waals surface area (Å²) < 4.78 is 0. The third-order valence-electron chi connectivity index (χ3n) is 7.70. The standard InChI is InChI=1S/C18H18ClNO.C16H17N.C2H2Cl2O.CH4/c19-13-18(21)20(16-8-2-1-3-9-16)17-11-10-14-6-4-5-7-15(14)12-17;1-2-8-15(9-3-1)17-16-11-10-13-6-4-5-7-14(13)12-16;3-1-2(4)5;/h1-9,17H,10-13H2;1-9,16-17H,10-12H2;1H2;1H4. The minimum atomic E-state index is -0.508. The normalized spacial score (nSPS) is 16.2. The number of fused-ring (bicyclic) bond motifs is 2. The van der Waals surface area contributed by atoms with Crippen molar-refractivity contribution in [3.63, 3.8) is 0 Å². The second kappa shape index (κ2) is 18.5. The Bertz CT molecular complexity index is 1450. The van der Waals surface area contributed by atoms with E-state index in [2.05, 4.69) is 84.2 Å². The number of para-hydroxylation sites is 2. The Kier molecular flexibility index (Phi) is 14.8. The zero-order chi connectivity index (χ0) is 30.4. The molecule has 2 aliphatic carbocycles. The topological polar surface area (TPSA) is 49.4 Å². The average Bonchev–Trinajstić information content (AvgIpc) is 3.06. The fourth-order valence-electron chi connectivity index (χ4n) is 5.70. The Morgan fingerprint density at radius 1 is 0.659 bits per heavy atom. The van der Waals surface area contributed by atoms with Crippen molar-refractivity contribution in [1.29, 1.82) is 0 Å². The van der Waals surface area contributed by atoms with E-state index < -0.39 is 5.24 Å². The van der Waals surface area contributed by atoms with Crippen molar-refractivity contribution in [1.82, 2.24) is 0 Å². The molecule has 2 aliphatic rings. The summed E-state index contributed by atoms with van der Waals surface area (Å²) >= 11 is 15.4. The summed E-state index contributed by atoms with van der Waals surface area (Å²) in [5.41, 5.74) is 7.95. The maximum Gasteiger partial charge on any atom is 0.242 e. The van der Waals surface area contributed by atoms with E-state index in [0.717, 1.165) is 31.4 Å². The van der Waals surface area contributed by atoms with Gasteiger partial charge in [-0.05, 0) is 96.6 Å². The number of hydrogen-bond acceptors (Lipinski definition) is 3. The monoisotopic (exact) mass is 650 g/mol. The number of nitrogens with zero attached hydrogens (tertiary/aromatic N) is 1. The summed E-state index contributed by atoms with van der Waals surface area (Å²) in [5.74, 6) is -0.0959. The summed E-state index contributed by atoms with van der Waals surface area (Å²) in [5, 5.41) is 3.11. The van der Waals surface area contributed by atoms with Gasteiger partial charge in [-0.3, -0.25) is 9.59 Å². The van der Waals surface area contributed by atoms with E-state index in [9.17, 15) is 9.59 Å². The molecule has 0 heterocycles.